The number of rotatable bonds is 7. The minimum atomic E-state index is -0.625. The lowest BCUT2D eigenvalue weighted by Crippen LogP contribution is -2.55. The number of anilines is 3. The molecule has 222 valence electrons. The number of aromatic nitrogens is 6. The number of ether oxygens (including phenoxy) is 2. The molecule has 2 aromatic heterocycles. The summed E-state index contributed by atoms with van der Waals surface area (Å²) in [5.41, 5.74) is 0.0639. The lowest BCUT2D eigenvalue weighted by Gasteiger charge is -2.48. The van der Waals surface area contributed by atoms with Gasteiger partial charge in [-0.05, 0) is 62.6 Å². The van der Waals surface area contributed by atoms with Crippen LogP contribution >= 0.6 is 0 Å². The van der Waals surface area contributed by atoms with E-state index < -0.39 is 11.5 Å². The third kappa shape index (κ3) is 5.54. The fourth-order valence-corrected chi connectivity index (χ4v) is 6.39. The SMILES string of the molecule is [C-]#[N+]c1cnc(Nc2cc(-n3nnn(C)c3=O)c(OC3CCOCC3)cc2F)nc1N[C@@H]1C[C@@H]2CCCN2C(C)(C)C1. The third-order valence-electron chi connectivity index (χ3n) is 8.39. The van der Waals surface area contributed by atoms with Gasteiger partial charge in [-0.15, -0.1) is 0 Å². The molecule has 0 aliphatic carbocycles. The Labute approximate surface area is 242 Å². The van der Waals surface area contributed by atoms with Crippen LogP contribution in [0.3, 0.4) is 0 Å². The van der Waals surface area contributed by atoms with Crippen molar-refractivity contribution in [2.75, 3.05) is 30.4 Å². The molecule has 0 unspecified atom stereocenters. The molecule has 0 saturated carbocycles. The second-order valence-electron chi connectivity index (χ2n) is 11.8. The Balaban J connectivity index is 1.29. The molecule has 13 nitrogen and oxygen atoms in total. The molecule has 0 bridgehead atoms. The molecule has 0 radical (unpaired) electrons. The zero-order valence-corrected chi connectivity index (χ0v) is 24.0. The van der Waals surface area contributed by atoms with Crippen molar-refractivity contribution in [3.8, 4) is 11.4 Å². The Morgan fingerprint density at radius 2 is 2.02 bits per heavy atom. The van der Waals surface area contributed by atoms with Crippen LogP contribution in [0.25, 0.3) is 10.5 Å². The number of nitrogens with one attached hydrogen (secondary N) is 2. The molecule has 5 heterocycles. The van der Waals surface area contributed by atoms with Gasteiger partial charge in [-0.3, -0.25) is 4.90 Å². The van der Waals surface area contributed by atoms with Crippen molar-refractivity contribution in [1.82, 2.24) is 34.7 Å². The van der Waals surface area contributed by atoms with Crippen molar-refractivity contribution in [3.63, 3.8) is 0 Å². The Bertz CT molecular complexity index is 1560. The summed E-state index contributed by atoms with van der Waals surface area (Å²) in [6.07, 6.45) is 6.76. The Morgan fingerprint density at radius 1 is 1.21 bits per heavy atom. The summed E-state index contributed by atoms with van der Waals surface area (Å²) in [5, 5.41) is 14.2. The van der Waals surface area contributed by atoms with Crippen LogP contribution in [0.4, 0.5) is 27.5 Å². The number of halogens is 1. The van der Waals surface area contributed by atoms with E-state index in [0.29, 0.717) is 43.6 Å². The number of piperidine rings is 1. The van der Waals surface area contributed by atoms with E-state index in [1.54, 1.807) is 0 Å². The molecule has 2 atom stereocenters. The maximum absolute atomic E-state index is 15.5. The molecule has 2 N–H and O–H groups in total. The first-order valence-corrected chi connectivity index (χ1v) is 14.3. The number of nitrogens with zero attached hydrogens (tertiary/aromatic N) is 8. The highest BCUT2D eigenvalue weighted by Crippen LogP contribution is 2.39. The van der Waals surface area contributed by atoms with Crippen LogP contribution < -0.4 is 21.1 Å². The first-order valence-electron chi connectivity index (χ1n) is 14.3. The molecule has 6 rings (SSSR count). The van der Waals surface area contributed by atoms with Crippen LogP contribution in [0.2, 0.25) is 0 Å². The summed E-state index contributed by atoms with van der Waals surface area (Å²) in [4.78, 5) is 27.8. The zero-order valence-electron chi connectivity index (χ0n) is 24.0. The monoisotopic (exact) mass is 578 g/mol. The maximum Gasteiger partial charge on any atom is 0.368 e. The topological polar surface area (TPSA) is 129 Å². The second kappa shape index (κ2) is 11.3. The molecular weight excluding hydrogens is 543 g/mol. The van der Waals surface area contributed by atoms with E-state index in [1.807, 2.05) is 0 Å². The van der Waals surface area contributed by atoms with Gasteiger partial charge in [0.15, 0.2) is 5.82 Å². The van der Waals surface area contributed by atoms with Crippen LogP contribution in [0.1, 0.15) is 52.4 Å². The minimum Gasteiger partial charge on any atom is -0.488 e. The van der Waals surface area contributed by atoms with Crippen molar-refractivity contribution in [2.45, 2.75) is 76.1 Å². The van der Waals surface area contributed by atoms with E-state index in [4.69, 9.17) is 16.0 Å². The summed E-state index contributed by atoms with van der Waals surface area (Å²) in [6.45, 7) is 14.4. The van der Waals surface area contributed by atoms with Gasteiger partial charge in [-0.25, -0.2) is 24.0 Å². The highest BCUT2D eigenvalue weighted by Gasteiger charge is 2.43. The minimum absolute atomic E-state index is 0.0174. The zero-order chi connectivity index (χ0) is 29.4. The van der Waals surface area contributed by atoms with Crippen LogP contribution in [-0.4, -0.2) is 78.1 Å². The number of hydrogen-bond donors (Lipinski definition) is 2. The average Bonchev–Trinajstić information content (AvgIpc) is 3.58. The van der Waals surface area contributed by atoms with Gasteiger partial charge in [-0.2, -0.15) is 9.36 Å². The van der Waals surface area contributed by atoms with Gasteiger partial charge in [0, 0.05) is 49.8 Å². The fraction of sp³-hybridized carbons (Fsp3) is 0.571. The van der Waals surface area contributed by atoms with Crippen LogP contribution in [0, 0.1) is 12.4 Å². The molecule has 0 amide bonds. The van der Waals surface area contributed by atoms with Crippen molar-refractivity contribution in [3.05, 3.63) is 46.0 Å². The molecule has 0 spiro atoms. The molecule has 3 saturated heterocycles. The van der Waals surface area contributed by atoms with Crippen LogP contribution in [0.15, 0.2) is 23.1 Å². The quantitative estimate of drug-likeness (QED) is 0.402. The van der Waals surface area contributed by atoms with Gasteiger partial charge in [0.1, 0.15) is 23.4 Å². The van der Waals surface area contributed by atoms with Gasteiger partial charge < -0.3 is 20.1 Å². The summed E-state index contributed by atoms with van der Waals surface area (Å²) >= 11 is 0. The highest BCUT2D eigenvalue weighted by molar-refractivity contribution is 5.69. The average molecular weight is 579 g/mol. The molecule has 3 fully saturated rings. The van der Waals surface area contributed by atoms with Crippen LogP contribution in [-0.2, 0) is 11.8 Å². The number of hydrogen-bond acceptors (Lipinski definition) is 10. The second-order valence-corrected chi connectivity index (χ2v) is 11.8. The van der Waals surface area contributed by atoms with E-state index in [9.17, 15) is 4.79 Å². The highest BCUT2D eigenvalue weighted by atomic mass is 19.1. The van der Waals surface area contributed by atoms with Gasteiger partial charge >= 0.3 is 5.69 Å². The summed E-state index contributed by atoms with van der Waals surface area (Å²) in [5.74, 6) is 0.0532. The van der Waals surface area contributed by atoms with E-state index >= 15 is 4.39 Å². The molecule has 3 aliphatic heterocycles. The van der Waals surface area contributed by atoms with Crippen molar-refractivity contribution >= 4 is 23.1 Å². The van der Waals surface area contributed by atoms with E-state index in [2.05, 4.69) is 54.6 Å². The van der Waals surface area contributed by atoms with Crippen LogP contribution in [0.5, 0.6) is 5.75 Å². The summed E-state index contributed by atoms with van der Waals surface area (Å²) in [6, 6.07) is 3.28. The lowest BCUT2D eigenvalue weighted by atomic mass is 9.84. The third-order valence-corrected chi connectivity index (χ3v) is 8.39. The predicted molar refractivity (Wildman–Crippen MR) is 153 cm³/mol. The molecular formula is C28H35FN10O3. The van der Waals surface area contributed by atoms with E-state index in [1.165, 1.54) is 38.2 Å². The molecule has 42 heavy (non-hydrogen) atoms. The molecule has 1 aromatic carbocycles. The number of fused-ring (bicyclic) bond motifs is 1. The normalized spacial score (nSPS) is 22.4. The first-order chi connectivity index (χ1) is 20.2. The Morgan fingerprint density at radius 3 is 2.76 bits per heavy atom. The summed E-state index contributed by atoms with van der Waals surface area (Å²) in [7, 11) is 1.48. The predicted octanol–water partition coefficient (Wildman–Crippen LogP) is 3.56. The number of tetrazole rings is 1. The standard InChI is InChI=1S/C28H35FN10O3/c1-28(2)15-17(12-18-6-5-9-38(18)28)32-25-22(30-3)16-31-26(34-25)33-21-14-23(39-27(40)37(4)35-36-39)24(13-20(21)29)42-19-7-10-41-11-8-19/h13-14,16-19H,5-12,15H2,1-2,4H3,(H2,31,32,33,34)/t17-,18+/m1/s1. The Hall–Kier alpha value is -4.09. The largest absolute Gasteiger partial charge is 0.488 e. The smallest absolute Gasteiger partial charge is 0.368 e. The lowest BCUT2D eigenvalue weighted by molar-refractivity contribution is 0.0254. The van der Waals surface area contributed by atoms with Gasteiger partial charge in [0.25, 0.3) is 0 Å². The van der Waals surface area contributed by atoms with Gasteiger partial charge in [-0.1, -0.05) is 0 Å². The number of benzene rings is 1. The van der Waals surface area contributed by atoms with Crippen molar-refractivity contribution < 1.29 is 13.9 Å². The van der Waals surface area contributed by atoms with Gasteiger partial charge in [0.2, 0.25) is 11.6 Å². The molecule has 14 heteroatoms. The van der Waals surface area contributed by atoms with Crippen molar-refractivity contribution in [1.29, 1.82) is 0 Å². The number of aryl methyl sites for hydroxylation is 1. The molecule has 3 aliphatic rings. The Kier molecular flexibility index (Phi) is 7.54. The summed E-state index contributed by atoms with van der Waals surface area (Å²) < 4.78 is 29.2. The van der Waals surface area contributed by atoms with Gasteiger partial charge in [0.05, 0.1) is 25.5 Å². The van der Waals surface area contributed by atoms with E-state index in [-0.39, 0.29) is 40.8 Å². The first kappa shape index (κ1) is 28.0. The van der Waals surface area contributed by atoms with Crippen molar-refractivity contribution in [2.24, 2.45) is 7.05 Å². The van der Waals surface area contributed by atoms with E-state index in [0.717, 1.165) is 28.8 Å². The fourth-order valence-electron chi connectivity index (χ4n) is 6.39. The maximum atomic E-state index is 15.5. The molecule has 3 aromatic rings.